The molecule has 12 heavy (non-hydrogen) atoms. The van der Waals surface area contributed by atoms with Gasteiger partial charge in [0.05, 0.1) is 11.0 Å². The molecule has 0 saturated heterocycles. The van der Waals surface area contributed by atoms with Crippen molar-refractivity contribution in [3.05, 3.63) is 33.1 Å². The van der Waals surface area contributed by atoms with Crippen LogP contribution in [0.3, 0.4) is 0 Å². The second-order valence-electron chi connectivity index (χ2n) is 2.04. The van der Waals surface area contributed by atoms with Crippen LogP contribution in [-0.2, 0) is 0 Å². The van der Waals surface area contributed by atoms with E-state index >= 15 is 0 Å². The molecule has 1 aromatic rings. The second-order valence-corrected chi connectivity index (χ2v) is 2.45. The third-order valence-corrected chi connectivity index (χ3v) is 1.54. The quantitative estimate of drug-likeness (QED) is 0.387. The summed E-state index contributed by atoms with van der Waals surface area (Å²) in [7, 11) is 0. The van der Waals surface area contributed by atoms with Crippen LogP contribution < -0.4 is 0 Å². The van der Waals surface area contributed by atoms with E-state index < -0.39 is 22.2 Å². The Balaban J connectivity index is 3.31. The van der Waals surface area contributed by atoms with E-state index in [-0.39, 0.29) is 5.02 Å². The van der Waals surface area contributed by atoms with Crippen LogP contribution in [0.15, 0.2) is 12.1 Å². The highest BCUT2D eigenvalue weighted by Crippen LogP contribution is 2.30. The molecule has 0 radical (unpaired) electrons. The Morgan fingerprint density at radius 3 is 2.58 bits per heavy atom. The molecule has 1 rings (SSSR count). The van der Waals surface area contributed by atoms with Crippen LogP contribution in [0.5, 0.6) is 5.75 Å². The third kappa shape index (κ3) is 1.45. The highest BCUT2D eigenvalue weighted by Gasteiger charge is 2.17. The monoisotopic (exact) mass is 192 g/mol. The zero-order valence-corrected chi connectivity index (χ0v) is 6.43. The summed E-state index contributed by atoms with van der Waals surface area (Å²) in [4.78, 5) is 9.37. The summed E-state index contributed by atoms with van der Waals surface area (Å²) in [6, 6.07) is 1.60. The zero-order valence-electron chi connectivity index (χ0n) is 5.67. The van der Waals surface area contributed by atoms with E-state index in [1.807, 2.05) is 0 Å². The average Bonchev–Trinajstić information content (AvgIpc) is 1.99. The Kier molecular flexibility index (Phi) is 2.14. The van der Waals surface area contributed by atoms with Gasteiger partial charge in [-0.2, -0.15) is 4.39 Å². The molecule has 0 heterocycles. The number of rotatable bonds is 1. The minimum Gasteiger partial charge on any atom is -0.590 e. The van der Waals surface area contributed by atoms with E-state index in [1.165, 1.54) is 0 Å². The number of non-ortho nitro benzene ring substituents is 1. The molecular weight excluding hydrogens is 189 g/mol. The summed E-state index contributed by atoms with van der Waals surface area (Å²) in [5.74, 6) is -1.52. The van der Waals surface area contributed by atoms with Crippen LogP contribution in [0, 0.1) is 15.9 Å². The molecule has 0 atom stereocenters. The topological polar surface area (TPSA) is 66.0 Å². The van der Waals surface area contributed by atoms with Gasteiger partial charge in [0, 0.05) is 6.07 Å². The van der Waals surface area contributed by atoms with Crippen molar-refractivity contribution < 1.29 is 14.4 Å². The van der Waals surface area contributed by atoms with Crippen molar-refractivity contribution in [2.75, 3.05) is 0 Å². The number of benzene rings is 1. The van der Waals surface area contributed by atoms with Gasteiger partial charge in [-0.1, -0.05) is 11.6 Å². The number of hydrogen-bond donors (Lipinski definition) is 0. The molecule has 0 aliphatic carbocycles. The number of nitro benzene ring substituents is 1. The summed E-state index contributed by atoms with van der Waals surface area (Å²) < 4.78 is 12.6. The average molecular weight is 193 g/mol. The van der Waals surface area contributed by atoms with Crippen LogP contribution in [-0.4, -0.2) is 10.0 Å². The van der Waals surface area contributed by atoms with Gasteiger partial charge in [0.15, 0.2) is 0 Å². The number of nitrogens with zero attached hydrogens (tertiary/aromatic N) is 1. The molecule has 0 amide bonds. The number of hydrogen-bond acceptors (Lipinski definition) is 2. The first-order valence-corrected chi connectivity index (χ1v) is 3.25. The van der Waals surface area contributed by atoms with E-state index in [0.29, 0.717) is 6.07 Å². The summed E-state index contributed by atoms with van der Waals surface area (Å²) in [5, 5.41) is 16.8. The third-order valence-electron chi connectivity index (χ3n) is 1.24. The van der Waals surface area contributed by atoms with E-state index in [4.69, 9.17) is 16.7 Å². The van der Waals surface area contributed by atoms with Gasteiger partial charge in [-0.15, -0.1) is 0 Å². The number of halogens is 2. The molecule has 2 N–H and O–H groups in total. The first-order valence-electron chi connectivity index (χ1n) is 2.87. The lowest BCUT2D eigenvalue weighted by molar-refractivity contribution is -0.385. The lowest BCUT2D eigenvalue weighted by Gasteiger charge is -1.94. The minimum atomic E-state index is -0.991. The smallest absolute Gasteiger partial charge is 0.309 e. The van der Waals surface area contributed by atoms with Crippen molar-refractivity contribution in [1.82, 2.24) is 0 Å². The van der Waals surface area contributed by atoms with Crippen molar-refractivity contribution in [2.24, 2.45) is 0 Å². The Labute approximate surface area is 71.3 Å². The van der Waals surface area contributed by atoms with Gasteiger partial charge in [-0.05, 0) is 0 Å². The van der Waals surface area contributed by atoms with Gasteiger partial charge >= 0.3 is 5.75 Å². The summed E-state index contributed by atoms with van der Waals surface area (Å²) >= 11 is 5.33. The molecule has 0 bridgehead atoms. The maximum atomic E-state index is 12.6. The normalized spacial score (nSPS) is 9.83. The maximum Gasteiger partial charge on any atom is 0.309 e. The molecule has 0 aliphatic rings. The molecule has 0 unspecified atom stereocenters. The van der Waals surface area contributed by atoms with E-state index in [9.17, 15) is 14.5 Å². The molecule has 0 aromatic heterocycles. The molecule has 0 aliphatic heterocycles. The zero-order chi connectivity index (χ0) is 9.30. The van der Waals surface area contributed by atoms with Crippen molar-refractivity contribution in [3.63, 3.8) is 0 Å². The van der Waals surface area contributed by atoms with Gasteiger partial charge in [0.25, 0.3) is 5.69 Å². The summed E-state index contributed by atoms with van der Waals surface area (Å²) in [6.07, 6.45) is 0. The fraction of sp³-hybridized carbons (Fsp3) is 0. The largest absolute Gasteiger partial charge is 0.590 e. The predicted octanol–water partition coefficient (Wildman–Crippen LogP) is 1.83. The standard InChI is InChI=1S/C6H3ClFNO3/c7-4-1-3(9(11)12)2-5(8)6(4)10/h1-2,10H/p+1. The van der Waals surface area contributed by atoms with E-state index in [2.05, 4.69) is 0 Å². The Hall–Kier alpha value is -1.36. The van der Waals surface area contributed by atoms with E-state index in [0.717, 1.165) is 6.07 Å². The first kappa shape index (κ1) is 8.73. The Morgan fingerprint density at radius 1 is 1.58 bits per heavy atom. The number of nitro groups is 1. The molecular formula is C6H4ClFNO3+. The van der Waals surface area contributed by atoms with Crippen LogP contribution in [0.1, 0.15) is 0 Å². The Morgan fingerprint density at radius 2 is 2.17 bits per heavy atom. The fourth-order valence-corrected chi connectivity index (χ4v) is 0.867. The van der Waals surface area contributed by atoms with Crippen molar-refractivity contribution in [3.8, 4) is 5.75 Å². The fourth-order valence-electron chi connectivity index (χ4n) is 0.665. The minimum absolute atomic E-state index is 0.262. The van der Waals surface area contributed by atoms with Crippen LogP contribution >= 0.6 is 11.6 Å². The summed E-state index contributed by atoms with van der Waals surface area (Å²) in [6.45, 7) is 0. The van der Waals surface area contributed by atoms with Gasteiger partial charge in [0.2, 0.25) is 5.82 Å². The van der Waals surface area contributed by atoms with E-state index in [1.54, 1.807) is 0 Å². The maximum absolute atomic E-state index is 12.6. The predicted molar refractivity (Wildman–Crippen MR) is 41.1 cm³/mol. The Bertz CT molecular complexity index is 319. The highest BCUT2D eigenvalue weighted by atomic mass is 35.5. The summed E-state index contributed by atoms with van der Waals surface area (Å²) in [5.41, 5.74) is -0.450. The van der Waals surface area contributed by atoms with Gasteiger partial charge in [0.1, 0.15) is 5.02 Å². The van der Waals surface area contributed by atoms with Crippen molar-refractivity contribution >= 4 is 17.3 Å². The SMILES string of the molecule is O=[N+]([O-])c1cc(F)c([OH2+])c(Cl)c1. The van der Waals surface area contributed by atoms with Gasteiger partial charge in [-0.25, -0.2) is 0 Å². The van der Waals surface area contributed by atoms with Crippen molar-refractivity contribution in [1.29, 1.82) is 0 Å². The molecule has 4 nitrogen and oxygen atoms in total. The highest BCUT2D eigenvalue weighted by molar-refractivity contribution is 6.32. The molecule has 0 fully saturated rings. The van der Waals surface area contributed by atoms with Crippen LogP contribution in [0.25, 0.3) is 0 Å². The van der Waals surface area contributed by atoms with Gasteiger partial charge in [-0.3, -0.25) is 10.1 Å². The van der Waals surface area contributed by atoms with Crippen LogP contribution in [0.2, 0.25) is 5.02 Å². The molecule has 6 heteroatoms. The lowest BCUT2D eigenvalue weighted by atomic mass is 10.3. The van der Waals surface area contributed by atoms with Crippen molar-refractivity contribution in [2.45, 2.75) is 0 Å². The second kappa shape index (κ2) is 2.94. The molecule has 1 aromatic carbocycles. The lowest BCUT2D eigenvalue weighted by Crippen LogP contribution is -1.89. The molecule has 0 spiro atoms. The first-order chi connectivity index (χ1) is 5.52. The molecule has 64 valence electrons. The van der Waals surface area contributed by atoms with Crippen LogP contribution in [0.4, 0.5) is 10.1 Å². The molecule has 0 saturated carbocycles. The van der Waals surface area contributed by atoms with Gasteiger partial charge < -0.3 is 5.11 Å².